The van der Waals surface area contributed by atoms with Crippen molar-refractivity contribution in [2.24, 2.45) is 0 Å². The first-order valence-electron chi connectivity index (χ1n) is 8.10. The summed E-state index contributed by atoms with van der Waals surface area (Å²) in [5, 5.41) is 15.6. The molecule has 3 N–H and O–H groups in total. The smallest absolute Gasteiger partial charge is 0.320 e. The molecule has 0 saturated carbocycles. The van der Waals surface area contributed by atoms with Crippen LogP contribution >= 0.6 is 0 Å². The molecule has 0 radical (unpaired) electrons. The minimum atomic E-state index is -0.376. The van der Waals surface area contributed by atoms with Gasteiger partial charge in [-0.25, -0.2) is 4.79 Å². The van der Waals surface area contributed by atoms with Crippen LogP contribution in [0.1, 0.15) is 22.7 Å². The standard InChI is InChI=1S/C21H20N2O2/c1-15-12-13-19(24)18(14-15)22-21(25)23-20(16-8-4-2-5-9-16)17-10-6-3-7-11-17/h2-14,20,24H,1H3,(H2,22,23,25). The number of aromatic hydroxyl groups is 1. The maximum absolute atomic E-state index is 12.5. The summed E-state index contributed by atoms with van der Waals surface area (Å²) in [5.74, 6) is 0.0386. The fourth-order valence-corrected chi connectivity index (χ4v) is 2.69. The summed E-state index contributed by atoms with van der Waals surface area (Å²) in [7, 11) is 0. The number of rotatable bonds is 4. The number of urea groups is 1. The van der Waals surface area contributed by atoms with Crippen LogP contribution in [0.25, 0.3) is 0 Å². The van der Waals surface area contributed by atoms with Crippen LogP contribution < -0.4 is 10.6 Å². The summed E-state index contributed by atoms with van der Waals surface area (Å²) in [4.78, 5) is 12.5. The van der Waals surface area contributed by atoms with E-state index in [1.54, 1.807) is 18.2 Å². The quantitative estimate of drug-likeness (QED) is 0.611. The molecule has 0 aliphatic heterocycles. The number of phenolic OH excluding ortho intramolecular Hbond substituents is 1. The van der Waals surface area contributed by atoms with Gasteiger partial charge in [0.2, 0.25) is 0 Å². The minimum Gasteiger partial charge on any atom is -0.506 e. The molecule has 0 heterocycles. The summed E-state index contributed by atoms with van der Waals surface area (Å²) in [5.41, 5.74) is 3.31. The van der Waals surface area contributed by atoms with Gasteiger partial charge >= 0.3 is 6.03 Å². The number of nitrogens with one attached hydrogen (secondary N) is 2. The lowest BCUT2D eigenvalue weighted by molar-refractivity contribution is 0.250. The number of hydrogen-bond acceptors (Lipinski definition) is 2. The van der Waals surface area contributed by atoms with Crippen molar-refractivity contribution in [2.75, 3.05) is 5.32 Å². The van der Waals surface area contributed by atoms with E-state index in [1.165, 1.54) is 0 Å². The van der Waals surface area contributed by atoms with Crippen LogP contribution in [-0.2, 0) is 0 Å². The van der Waals surface area contributed by atoms with Crippen molar-refractivity contribution in [3.8, 4) is 5.75 Å². The highest BCUT2D eigenvalue weighted by Crippen LogP contribution is 2.25. The molecule has 0 aromatic heterocycles. The van der Waals surface area contributed by atoms with Gasteiger partial charge in [0, 0.05) is 0 Å². The predicted octanol–water partition coefficient (Wildman–Crippen LogP) is 4.61. The maximum atomic E-state index is 12.5. The lowest BCUT2D eigenvalue weighted by Crippen LogP contribution is -2.33. The van der Waals surface area contributed by atoms with E-state index in [9.17, 15) is 9.90 Å². The highest BCUT2D eigenvalue weighted by Gasteiger charge is 2.17. The van der Waals surface area contributed by atoms with E-state index < -0.39 is 0 Å². The van der Waals surface area contributed by atoms with Gasteiger partial charge in [-0.3, -0.25) is 0 Å². The average molecular weight is 332 g/mol. The molecule has 4 heteroatoms. The second-order valence-corrected chi connectivity index (χ2v) is 5.87. The molecule has 3 aromatic rings. The average Bonchev–Trinajstić information content (AvgIpc) is 2.64. The number of amides is 2. The zero-order valence-corrected chi connectivity index (χ0v) is 13.9. The van der Waals surface area contributed by atoms with E-state index in [2.05, 4.69) is 10.6 Å². The molecular formula is C21H20N2O2. The van der Waals surface area contributed by atoms with Crippen LogP contribution in [0.3, 0.4) is 0 Å². The Balaban J connectivity index is 1.83. The first kappa shape index (κ1) is 16.6. The molecule has 0 saturated heterocycles. The van der Waals surface area contributed by atoms with Crippen LogP contribution in [0.2, 0.25) is 0 Å². The Hall–Kier alpha value is -3.27. The van der Waals surface area contributed by atoms with Crippen molar-refractivity contribution in [3.63, 3.8) is 0 Å². The van der Waals surface area contributed by atoms with Gasteiger partial charge in [0.25, 0.3) is 0 Å². The molecule has 25 heavy (non-hydrogen) atoms. The van der Waals surface area contributed by atoms with Gasteiger partial charge in [-0.15, -0.1) is 0 Å². The van der Waals surface area contributed by atoms with E-state index in [1.807, 2.05) is 67.6 Å². The summed E-state index contributed by atoms with van der Waals surface area (Å²) in [6.07, 6.45) is 0. The fraction of sp³-hybridized carbons (Fsp3) is 0.0952. The topological polar surface area (TPSA) is 61.4 Å². The summed E-state index contributed by atoms with van der Waals surface area (Å²) in [6, 6.07) is 24.0. The van der Waals surface area contributed by atoms with Crippen LogP contribution in [0.4, 0.5) is 10.5 Å². The van der Waals surface area contributed by atoms with E-state index in [0.29, 0.717) is 5.69 Å². The van der Waals surface area contributed by atoms with Gasteiger partial charge in [0.1, 0.15) is 5.75 Å². The van der Waals surface area contributed by atoms with E-state index in [0.717, 1.165) is 16.7 Å². The highest BCUT2D eigenvalue weighted by atomic mass is 16.3. The van der Waals surface area contributed by atoms with Crippen LogP contribution in [-0.4, -0.2) is 11.1 Å². The minimum absolute atomic E-state index is 0.0386. The van der Waals surface area contributed by atoms with E-state index in [4.69, 9.17) is 0 Å². The van der Waals surface area contributed by atoms with Gasteiger partial charge in [-0.2, -0.15) is 0 Å². The number of carbonyl (C=O) groups excluding carboxylic acids is 1. The van der Waals surface area contributed by atoms with Crippen LogP contribution in [0, 0.1) is 6.92 Å². The van der Waals surface area contributed by atoms with Gasteiger partial charge < -0.3 is 15.7 Å². The van der Waals surface area contributed by atoms with Gasteiger partial charge in [-0.1, -0.05) is 66.7 Å². The molecule has 0 aliphatic rings. The Kier molecular flexibility index (Phi) is 5.00. The molecule has 2 amide bonds. The molecule has 0 fully saturated rings. The van der Waals surface area contributed by atoms with Crippen LogP contribution in [0.15, 0.2) is 78.9 Å². The van der Waals surface area contributed by atoms with Crippen molar-refractivity contribution >= 4 is 11.7 Å². The fourth-order valence-electron chi connectivity index (χ4n) is 2.69. The second-order valence-electron chi connectivity index (χ2n) is 5.87. The molecule has 3 aromatic carbocycles. The van der Waals surface area contributed by atoms with Crippen molar-refractivity contribution in [2.45, 2.75) is 13.0 Å². The van der Waals surface area contributed by atoms with Gasteiger partial charge in [-0.05, 0) is 35.7 Å². The monoisotopic (exact) mass is 332 g/mol. The van der Waals surface area contributed by atoms with Crippen molar-refractivity contribution in [3.05, 3.63) is 95.6 Å². The molecule has 0 bridgehead atoms. The van der Waals surface area contributed by atoms with E-state index >= 15 is 0 Å². The second kappa shape index (κ2) is 7.53. The Morgan fingerprint density at radius 1 is 0.880 bits per heavy atom. The lowest BCUT2D eigenvalue weighted by atomic mass is 9.99. The maximum Gasteiger partial charge on any atom is 0.320 e. The third-order valence-electron chi connectivity index (χ3n) is 3.94. The molecule has 0 aliphatic carbocycles. The highest BCUT2D eigenvalue weighted by molar-refractivity contribution is 5.91. The molecule has 0 atom stereocenters. The molecule has 4 nitrogen and oxygen atoms in total. The third-order valence-corrected chi connectivity index (χ3v) is 3.94. The normalized spacial score (nSPS) is 10.5. The van der Waals surface area contributed by atoms with Crippen LogP contribution in [0.5, 0.6) is 5.75 Å². The largest absolute Gasteiger partial charge is 0.506 e. The molecule has 0 spiro atoms. The Morgan fingerprint density at radius 2 is 1.44 bits per heavy atom. The summed E-state index contributed by atoms with van der Waals surface area (Å²) >= 11 is 0. The van der Waals surface area contributed by atoms with Gasteiger partial charge in [0.15, 0.2) is 0 Å². The van der Waals surface area contributed by atoms with Gasteiger partial charge in [0.05, 0.1) is 11.7 Å². The zero-order valence-electron chi connectivity index (χ0n) is 13.9. The first-order chi connectivity index (χ1) is 12.1. The molecule has 0 unspecified atom stereocenters. The first-order valence-corrected chi connectivity index (χ1v) is 8.10. The number of anilines is 1. The Morgan fingerprint density at radius 3 is 2.00 bits per heavy atom. The zero-order chi connectivity index (χ0) is 17.6. The third kappa shape index (κ3) is 4.18. The summed E-state index contributed by atoms with van der Waals surface area (Å²) in [6.45, 7) is 1.90. The number of aryl methyl sites for hydroxylation is 1. The van der Waals surface area contributed by atoms with Crippen molar-refractivity contribution in [1.29, 1.82) is 0 Å². The molecular weight excluding hydrogens is 312 g/mol. The lowest BCUT2D eigenvalue weighted by Gasteiger charge is -2.20. The Labute approximate surface area is 147 Å². The number of hydrogen-bond donors (Lipinski definition) is 3. The number of carbonyl (C=O) groups is 1. The molecule has 126 valence electrons. The summed E-state index contributed by atoms with van der Waals surface area (Å²) < 4.78 is 0. The number of benzene rings is 3. The molecule has 3 rings (SSSR count). The number of phenols is 1. The SMILES string of the molecule is Cc1ccc(O)c(NC(=O)NC(c2ccccc2)c2ccccc2)c1. The van der Waals surface area contributed by atoms with E-state index in [-0.39, 0.29) is 17.8 Å². The Bertz CT molecular complexity index is 809. The van der Waals surface area contributed by atoms with Crippen molar-refractivity contribution in [1.82, 2.24) is 5.32 Å². The predicted molar refractivity (Wildman–Crippen MR) is 99.7 cm³/mol. The van der Waals surface area contributed by atoms with Crippen molar-refractivity contribution < 1.29 is 9.90 Å².